The van der Waals surface area contributed by atoms with Crippen molar-refractivity contribution in [3.63, 3.8) is 0 Å². The third kappa shape index (κ3) is 3.33. The minimum atomic E-state index is -0.343. The van der Waals surface area contributed by atoms with E-state index in [1.54, 1.807) is 19.1 Å². The molecule has 0 bridgehead atoms. The molecule has 2 nitrogen and oxygen atoms in total. The first kappa shape index (κ1) is 14.5. The number of benzene rings is 2. The lowest BCUT2D eigenvalue weighted by molar-refractivity contribution is 0.102. The Kier molecular flexibility index (Phi) is 4.57. The molecular formula is C14H10BrFINO. The number of anilines is 1. The van der Waals surface area contributed by atoms with Gasteiger partial charge in [-0.15, -0.1) is 0 Å². The van der Waals surface area contributed by atoms with Crippen LogP contribution in [0.3, 0.4) is 0 Å². The van der Waals surface area contributed by atoms with Gasteiger partial charge in [0.15, 0.2) is 0 Å². The van der Waals surface area contributed by atoms with Gasteiger partial charge >= 0.3 is 0 Å². The molecule has 2 aromatic rings. The number of carbonyl (C=O) groups is 1. The number of nitrogens with one attached hydrogen (secondary N) is 1. The smallest absolute Gasteiger partial charge is 0.256 e. The monoisotopic (exact) mass is 433 g/mol. The molecule has 0 unspecified atom stereocenters. The highest BCUT2D eigenvalue weighted by atomic mass is 127. The van der Waals surface area contributed by atoms with Crippen LogP contribution in [0.1, 0.15) is 15.9 Å². The van der Waals surface area contributed by atoms with E-state index < -0.39 is 0 Å². The topological polar surface area (TPSA) is 29.1 Å². The average molecular weight is 434 g/mol. The van der Waals surface area contributed by atoms with E-state index in [-0.39, 0.29) is 11.7 Å². The average Bonchev–Trinajstić information content (AvgIpc) is 2.36. The van der Waals surface area contributed by atoms with Crippen molar-refractivity contribution in [2.75, 3.05) is 5.32 Å². The van der Waals surface area contributed by atoms with Crippen molar-refractivity contribution in [2.45, 2.75) is 6.92 Å². The zero-order valence-electron chi connectivity index (χ0n) is 10.0. The number of aryl methyl sites for hydroxylation is 1. The van der Waals surface area contributed by atoms with E-state index in [0.717, 1.165) is 3.57 Å². The zero-order valence-corrected chi connectivity index (χ0v) is 13.7. The molecule has 0 fully saturated rings. The van der Waals surface area contributed by atoms with Crippen LogP contribution in [0, 0.1) is 16.3 Å². The summed E-state index contributed by atoms with van der Waals surface area (Å²) in [5.74, 6) is -0.545. The fraction of sp³-hybridized carbons (Fsp3) is 0.0714. The van der Waals surface area contributed by atoms with Gasteiger partial charge in [0.05, 0.1) is 10.0 Å². The highest BCUT2D eigenvalue weighted by molar-refractivity contribution is 14.1. The molecule has 2 aromatic carbocycles. The summed E-state index contributed by atoms with van der Waals surface area (Å²) in [7, 11) is 0. The van der Waals surface area contributed by atoms with E-state index >= 15 is 0 Å². The first-order chi connectivity index (χ1) is 8.99. The molecule has 0 spiro atoms. The summed E-state index contributed by atoms with van der Waals surface area (Å²) in [6, 6.07) is 10.3. The number of amides is 1. The third-order valence-electron chi connectivity index (χ3n) is 2.63. The number of hydrogen-bond acceptors (Lipinski definition) is 1. The van der Waals surface area contributed by atoms with E-state index in [1.165, 1.54) is 6.07 Å². The Morgan fingerprint density at radius 3 is 2.68 bits per heavy atom. The second kappa shape index (κ2) is 6.00. The molecule has 1 amide bonds. The number of hydrogen-bond donors (Lipinski definition) is 1. The van der Waals surface area contributed by atoms with Crippen molar-refractivity contribution in [3.05, 3.63) is 61.4 Å². The van der Waals surface area contributed by atoms with Crippen LogP contribution in [0.25, 0.3) is 0 Å². The summed E-state index contributed by atoms with van der Waals surface area (Å²) in [6.45, 7) is 1.75. The van der Waals surface area contributed by atoms with Crippen LogP contribution in [-0.4, -0.2) is 5.91 Å². The van der Waals surface area contributed by atoms with Crippen LogP contribution in [0.5, 0.6) is 0 Å². The van der Waals surface area contributed by atoms with Crippen molar-refractivity contribution in [1.82, 2.24) is 0 Å². The van der Waals surface area contributed by atoms with Gasteiger partial charge in [0, 0.05) is 9.26 Å². The molecule has 19 heavy (non-hydrogen) atoms. The predicted molar refractivity (Wildman–Crippen MR) is 85.9 cm³/mol. The summed E-state index contributed by atoms with van der Waals surface area (Å²) >= 11 is 5.22. The third-order valence-corrected chi connectivity index (χ3v) is 4.18. The summed E-state index contributed by atoms with van der Waals surface area (Å²) in [4.78, 5) is 12.2. The van der Waals surface area contributed by atoms with E-state index in [9.17, 15) is 9.18 Å². The lowest BCUT2D eigenvalue weighted by Crippen LogP contribution is -2.14. The molecule has 1 N–H and O–H groups in total. The molecule has 0 radical (unpaired) electrons. The highest BCUT2D eigenvalue weighted by Crippen LogP contribution is 2.25. The molecule has 0 heterocycles. The maximum absolute atomic E-state index is 13.3. The summed E-state index contributed by atoms with van der Waals surface area (Å²) in [5.41, 5.74) is 1.88. The van der Waals surface area contributed by atoms with Crippen LogP contribution in [0.15, 0.2) is 40.9 Å². The Morgan fingerprint density at radius 1 is 1.32 bits per heavy atom. The van der Waals surface area contributed by atoms with Crippen LogP contribution in [-0.2, 0) is 0 Å². The normalized spacial score (nSPS) is 10.3. The van der Waals surface area contributed by atoms with Gasteiger partial charge in [0.2, 0.25) is 0 Å². The van der Waals surface area contributed by atoms with Crippen molar-refractivity contribution in [2.24, 2.45) is 0 Å². The van der Waals surface area contributed by atoms with Gasteiger partial charge in [-0.3, -0.25) is 4.79 Å². The molecule has 0 saturated heterocycles. The second-order valence-corrected chi connectivity index (χ2v) is 6.03. The molecule has 98 valence electrons. The molecule has 0 aliphatic rings. The molecule has 0 aromatic heterocycles. The minimum absolute atomic E-state index is 0.202. The van der Waals surface area contributed by atoms with E-state index in [1.807, 2.05) is 18.2 Å². The second-order valence-electron chi connectivity index (χ2n) is 4.02. The van der Waals surface area contributed by atoms with Gasteiger partial charge in [-0.2, -0.15) is 0 Å². The largest absolute Gasteiger partial charge is 0.322 e. The molecule has 2 rings (SSSR count). The van der Waals surface area contributed by atoms with E-state index in [4.69, 9.17) is 0 Å². The Morgan fingerprint density at radius 2 is 2.00 bits per heavy atom. The quantitative estimate of drug-likeness (QED) is 0.680. The number of halogens is 3. The lowest BCUT2D eigenvalue weighted by atomic mass is 10.1. The molecule has 0 atom stereocenters. The number of carbonyl (C=O) groups excluding carboxylic acids is 1. The van der Waals surface area contributed by atoms with Gasteiger partial charge in [-0.05, 0) is 75.3 Å². The van der Waals surface area contributed by atoms with Crippen molar-refractivity contribution in [1.29, 1.82) is 0 Å². The maximum Gasteiger partial charge on any atom is 0.256 e. The molecule has 0 aliphatic heterocycles. The highest BCUT2D eigenvalue weighted by Gasteiger charge is 2.12. The van der Waals surface area contributed by atoms with Crippen molar-refractivity contribution in [3.8, 4) is 0 Å². The fourth-order valence-corrected chi connectivity index (χ4v) is 2.59. The standard InChI is InChI=1S/C14H10BrFINO/c1-8-6-11(16)10(15)7-13(8)18-14(19)9-4-2-3-5-12(9)17/h2-7H,1H3,(H,18,19). The molecular weight excluding hydrogens is 424 g/mol. The van der Waals surface area contributed by atoms with Crippen LogP contribution in [0.2, 0.25) is 0 Å². The Labute approximate surface area is 132 Å². The van der Waals surface area contributed by atoms with Gasteiger partial charge in [0.25, 0.3) is 5.91 Å². The first-order valence-corrected chi connectivity index (χ1v) is 7.37. The molecule has 0 aliphatic carbocycles. The zero-order chi connectivity index (χ0) is 14.0. The van der Waals surface area contributed by atoms with Crippen LogP contribution in [0.4, 0.5) is 10.1 Å². The lowest BCUT2D eigenvalue weighted by Gasteiger charge is -2.10. The minimum Gasteiger partial charge on any atom is -0.322 e. The molecule has 5 heteroatoms. The Bertz CT molecular complexity index is 645. The summed E-state index contributed by atoms with van der Waals surface area (Å²) in [6.07, 6.45) is 0. The van der Waals surface area contributed by atoms with Gasteiger partial charge in [0.1, 0.15) is 5.82 Å². The summed E-state index contributed by atoms with van der Waals surface area (Å²) < 4.78 is 14.5. The van der Waals surface area contributed by atoms with Crippen molar-refractivity contribution >= 4 is 50.1 Å². The molecule has 0 saturated carbocycles. The number of rotatable bonds is 2. The predicted octanol–water partition coefficient (Wildman–Crippen LogP) is 4.75. The first-order valence-electron chi connectivity index (χ1n) is 5.50. The maximum atomic E-state index is 13.3. The summed E-state index contributed by atoms with van der Waals surface area (Å²) in [5, 5.41) is 2.79. The van der Waals surface area contributed by atoms with Crippen LogP contribution >= 0.6 is 38.5 Å². The van der Waals surface area contributed by atoms with Gasteiger partial charge in [-0.25, -0.2) is 4.39 Å². The van der Waals surface area contributed by atoms with Crippen LogP contribution < -0.4 is 5.32 Å². The SMILES string of the molecule is Cc1cc(F)c(Br)cc1NC(=O)c1ccccc1I. The fourth-order valence-electron chi connectivity index (χ4n) is 1.62. The Balaban J connectivity index is 2.30. The Hall–Kier alpha value is -0.950. The van der Waals surface area contributed by atoms with E-state index in [0.29, 0.717) is 21.3 Å². The van der Waals surface area contributed by atoms with Gasteiger partial charge < -0.3 is 5.32 Å². The van der Waals surface area contributed by atoms with Crippen molar-refractivity contribution < 1.29 is 9.18 Å². The van der Waals surface area contributed by atoms with E-state index in [2.05, 4.69) is 43.8 Å². The van der Waals surface area contributed by atoms with Gasteiger partial charge in [-0.1, -0.05) is 12.1 Å².